The second kappa shape index (κ2) is 6.94. The lowest BCUT2D eigenvalue weighted by atomic mass is 9.65. The minimum Gasteiger partial charge on any atom is -0.306 e. The van der Waals surface area contributed by atoms with E-state index in [1.54, 1.807) is 0 Å². The summed E-state index contributed by atoms with van der Waals surface area (Å²) in [4.78, 5) is 15.4. The predicted octanol–water partition coefficient (Wildman–Crippen LogP) is 5.75. The molecule has 3 aromatic carbocycles. The zero-order valence-corrected chi connectivity index (χ0v) is 16.9. The van der Waals surface area contributed by atoms with Crippen molar-refractivity contribution >= 4 is 11.6 Å². The van der Waals surface area contributed by atoms with Gasteiger partial charge in [-0.05, 0) is 43.0 Å². The summed E-state index contributed by atoms with van der Waals surface area (Å²) in [5, 5.41) is 0. The van der Waals surface area contributed by atoms with Crippen LogP contribution >= 0.6 is 0 Å². The largest absolute Gasteiger partial charge is 0.306 e. The summed E-state index contributed by atoms with van der Waals surface area (Å²) in [5.41, 5.74) is 4.19. The normalized spacial score (nSPS) is 20.5. The Morgan fingerprint density at radius 1 is 0.821 bits per heavy atom. The number of carbonyl (C=O) groups is 1. The number of benzene rings is 3. The van der Waals surface area contributed by atoms with E-state index in [0.29, 0.717) is 6.42 Å². The van der Waals surface area contributed by atoms with Gasteiger partial charge in [-0.25, -0.2) is 0 Å². The van der Waals surface area contributed by atoms with Gasteiger partial charge in [0.05, 0.1) is 6.42 Å². The lowest BCUT2D eigenvalue weighted by molar-refractivity contribution is -0.119. The van der Waals surface area contributed by atoms with E-state index in [1.807, 2.05) is 41.3 Å². The molecule has 1 aliphatic heterocycles. The van der Waals surface area contributed by atoms with Crippen LogP contribution in [0, 0.1) is 0 Å². The molecule has 0 aromatic heterocycles. The van der Waals surface area contributed by atoms with Crippen molar-refractivity contribution < 1.29 is 4.79 Å². The first-order chi connectivity index (χ1) is 13.4. The summed E-state index contributed by atoms with van der Waals surface area (Å²) < 4.78 is 0. The minimum absolute atomic E-state index is 0.134. The Bertz CT molecular complexity index is 978. The van der Waals surface area contributed by atoms with Gasteiger partial charge >= 0.3 is 0 Å². The first-order valence-corrected chi connectivity index (χ1v) is 9.94. The molecule has 1 atom stereocenters. The van der Waals surface area contributed by atoms with Crippen LogP contribution in [0.2, 0.25) is 0 Å². The first-order valence-electron chi connectivity index (χ1n) is 9.94. The van der Waals surface area contributed by atoms with E-state index < -0.39 is 0 Å². The smallest absolute Gasteiger partial charge is 0.231 e. The Labute approximate surface area is 167 Å². The molecule has 0 spiro atoms. The van der Waals surface area contributed by atoms with Crippen LogP contribution in [0.5, 0.6) is 0 Å². The Morgan fingerprint density at radius 3 is 2.07 bits per heavy atom. The maximum atomic E-state index is 13.4. The summed E-state index contributed by atoms with van der Waals surface area (Å²) in [5.74, 6) is 0.152. The summed E-state index contributed by atoms with van der Waals surface area (Å²) in [6.07, 6.45) is 1.29. The van der Waals surface area contributed by atoms with Gasteiger partial charge in [-0.3, -0.25) is 4.79 Å². The van der Waals surface area contributed by atoms with Crippen molar-refractivity contribution in [2.75, 3.05) is 4.90 Å². The molecule has 0 aliphatic carbocycles. The number of nitrogens with zero attached hydrogens (tertiary/aromatic N) is 1. The lowest BCUT2D eigenvalue weighted by Gasteiger charge is -2.51. The van der Waals surface area contributed by atoms with E-state index >= 15 is 0 Å². The Morgan fingerprint density at radius 2 is 1.39 bits per heavy atom. The zero-order valence-electron chi connectivity index (χ0n) is 16.9. The third kappa shape index (κ3) is 3.13. The summed E-state index contributed by atoms with van der Waals surface area (Å²) in [6, 6.07) is 29.1. The fourth-order valence-electron chi connectivity index (χ4n) is 4.89. The molecular formula is C26H27NO. The highest BCUT2D eigenvalue weighted by molar-refractivity contribution is 5.98. The molecule has 142 valence electrons. The van der Waals surface area contributed by atoms with Gasteiger partial charge in [-0.2, -0.15) is 0 Å². The number of amides is 1. The second-order valence-corrected chi connectivity index (χ2v) is 8.60. The van der Waals surface area contributed by atoms with Crippen LogP contribution in [0.15, 0.2) is 84.9 Å². The van der Waals surface area contributed by atoms with Crippen molar-refractivity contribution in [3.63, 3.8) is 0 Å². The van der Waals surface area contributed by atoms with Crippen molar-refractivity contribution in [3.8, 4) is 0 Å². The highest BCUT2D eigenvalue weighted by Crippen LogP contribution is 2.50. The van der Waals surface area contributed by atoms with E-state index in [0.717, 1.165) is 17.7 Å². The van der Waals surface area contributed by atoms with Gasteiger partial charge in [0.15, 0.2) is 0 Å². The van der Waals surface area contributed by atoms with Crippen LogP contribution in [0.1, 0.15) is 43.9 Å². The molecule has 1 aliphatic rings. The molecule has 0 saturated carbocycles. The van der Waals surface area contributed by atoms with Gasteiger partial charge < -0.3 is 4.90 Å². The summed E-state index contributed by atoms with van der Waals surface area (Å²) >= 11 is 0. The predicted molar refractivity (Wildman–Crippen MR) is 116 cm³/mol. The molecule has 0 fully saturated rings. The van der Waals surface area contributed by atoms with Crippen molar-refractivity contribution in [3.05, 3.63) is 102 Å². The standard InChI is InChI=1S/C26H27NO/c1-25(2)19-26(3,21-14-8-5-9-15-21)22-16-10-11-17-23(22)27(25)24(28)18-20-12-6-4-7-13-20/h4-17H,18-19H2,1-3H3/t26-/m0/s1. The number of hydrogen-bond acceptors (Lipinski definition) is 1. The summed E-state index contributed by atoms with van der Waals surface area (Å²) in [7, 11) is 0. The molecule has 0 N–H and O–H groups in total. The van der Waals surface area contributed by atoms with Crippen molar-refractivity contribution in [1.29, 1.82) is 0 Å². The monoisotopic (exact) mass is 369 g/mol. The third-order valence-electron chi connectivity index (χ3n) is 5.99. The van der Waals surface area contributed by atoms with Gasteiger partial charge in [0.25, 0.3) is 0 Å². The maximum Gasteiger partial charge on any atom is 0.231 e. The Balaban J connectivity index is 1.80. The molecule has 2 nitrogen and oxygen atoms in total. The zero-order chi connectivity index (χ0) is 19.8. The molecule has 0 unspecified atom stereocenters. The van der Waals surface area contributed by atoms with Crippen LogP contribution in [0.4, 0.5) is 5.69 Å². The molecule has 2 heteroatoms. The van der Waals surface area contributed by atoms with Crippen LogP contribution in [-0.2, 0) is 16.6 Å². The van der Waals surface area contributed by atoms with Crippen molar-refractivity contribution in [1.82, 2.24) is 0 Å². The van der Waals surface area contributed by atoms with Gasteiger partial charge in [0.2, 0.25) is 5.91 Å². The van der Waals surface area contributed by atoms with Gasteiger partial charge in [-0.1, -0.05) is 85.8 Å². The van der Waals surface area contributed by atoms with Crippen LogP contribution in [0.25, 0.3) is 0 Å². The van der Waals surface area contributed by atoms with Gasteiger partial charge in [-0.15, -0.1) is 0 Å². The number of rotatable bonds is 3. The van der Waals surface area contributed by atoms with Gasteiger partial charge in [0, 0.05) is 16.6 Å². The number of fused-ring (bicyclic) bond motifs is 1. The fourth-order valence-corrected chi connectivity index (χ4v) is 4.89. The minimum atomic E-state index is -0.287. The number of hydrogen-bond donors (Lipinski definition) is 0. The number of para-hydroxylation sites is 1. The molecule has 0 bridgehead atoms. The van der Waals surface area contributed by atoms with E-state index in [9.17, 15) is 4.79 Å². The van der Waals surface area contributed by atoms with Crippen molar-refractivity contribution in [2.24, 2.45) is 0 Å². The van der Waals surface area contributed by atoms with E-state index in [4.69, 9.17) is 0 Å². The Kier molecular flexibility index (Phi) is 4.58. The highest BCUT2D eigenvalue weighted by Gasteiger charge is 2.47. The molecule has 0 radical (unpaired) electrons. The second-order valence-electron chi connectivity index (χ2n) is 8.60. The molecule has 1 heterocycles. The fraction of sp³-hybridized carbons (Fsp3) is 0.269. The molecule has 28 heavy (non-hydrogen) atoms. The number of carbonyl (C=O) groups excluding carboxylic acids is 1. The molecule has 3 aromatic rings. The van der Waals surface area contributed by atoms with E-state index in [2.05, 4.69) is 69.3 Å². The van der Waals surface area contributed by atoms with Crippen LogP contribution in [0.3, 0.4) is 0 Å². The SMILES string of the molecule is CC1(C)C[C@@](C)(c2ccccc2)c2ccccc2N1C(=O)Cc1ccccc1. The van der Waals surface area contributed by atoms with Crippen LogP contribution < -0.4 is 4.90 Å². The van der Waals surface area contributed by atoms with E-state index in [-0.39, 0.29) is 16.9 Å². The summed E-state index contributed by atoms with van der Waals surface area (Å²) in [6.45, 7) is 6.68. The average Bonchev–Trinajstić information content (AvgIpc) is 2.69. The molecule has 4 rings (SSSR count). The molecule has 1 amide bonds. The first kappa shape index (κ1) is 18.5. The lowest BCUT2D eigenvalue weighted by Crippen LogP contribution is -2.56. The van der Waals surface area contributed by atoms with Gasteiger partial charge in [0.1, 0.15) is 0 Å². The maximum absolute atomic E-state index is 13.4. The Hall–Kier alpha value is -2.87. The highest BCUT2D eigenvalue weighted by atomic mass is 16.2. The van der Waals surface area contributed by atoms with Crippen LogP contribution in [-0.4, -0.2) is 11.4 Å². The topological polar surface area (TPSA) is 20.3 Å². The molecular weight excluding hydrogens is 342 g/mol. The molecule has 0 saturated heterocycles. The number of anilines is 1. The quantitative estimate of drug-likeness (QED) is 0.575. The third-order valence-corrected chi connectivity index (χ3v) is 5.99. The average molecular weight is 370 g/mol. The van der Waals surface area contributed by atoms with Crippen molar-refractivity contribution in [2.45, 2.75) is 44.6 Å². The van der Waals surface area contributed by atoms with E-state index in [1.165, 1.54) is 11.1 Å².